The molecule has 4 rings (SSSR count). The van der Waals surface area contributed by atoms with Gasteiger partial charge < -0.3 is 4.42 Å². The highest BCUT2D eigenvalue weighted by Crippen LogP contribution is 2.26. The third kappa shape index (κ3) is 3.55. The SMILES string of the molecule is Cc1ccc(-c2csc(NC(=O)c3cn(Cc4ccccc4)nn3)n2)o1. The van der Waals surface area contributed by atoms with Crippen LogP contribution in [0.25, 0.3) is 11.5 Å². The van der Waals surface area contributed by atoms with E-state index in [4.69, 9.17) is 4.42 Å². The minimum absolute atomic E-state index is 0.242. The molecule has 1 aromatic carbocycles. The quantitative estimate of drug-likeness (QED) is 0.584. The van der Waals surface area contributed by atoms with Crippen LogP contribution in [-0.2, 0) is 6.54 Å². The number of amides is 1. The summed E-state index contributed by atoms with van der Waals surface area (Å²) in [5, 5.41) is 13.0. The Labute approximate surface area is 153 Å². The summed E-state index contributed by atoms with van der Waals surface area (Å²) in [5.41, 5.74) is 2.01. The Balaban J connectivity index is 1.43. The van der Waals surface area contributed by atoms with Crippen molar-refractivity contribution in [3.05, 3.63) is 71.1 Å². The van der Waals surface area contributed by atoms with Gasteiger partial charge in [-0.3, -0.25) is 10.1 Å². The smallest absolute Gasteiger partial charge is 0.279 e. The van der Waals surface area contributed by atoms with Crippen molar-refractivity contribution < 1.29 is 9.21 Å². The first-order valence-corrected chi connectivity index (χ1v) is 8.83. The fraction of sp³-hybridized carbons (Fsp3) is 0.111. The molecular weight excluding hydrogens is 350 g/mol. The number of rotatable bonds is 5. The fourth-order valence-electron chi connectivity index (χ4n) is 2.43. The van der Waals surface area contributed by atoms with E-state index < -0.39 is 0 Å². The Morgan fingerprint density at radius 1 is 1.23 bits per heavy atom. The number of nitrogens with zero attached hydrogens (tertiary/aromatic N) is 4. The number of hydrogen-bond acceptors (Lipinski definition) is 6. The maximum Gasteiger partial charge on any atom is 0.279 e. The summed E-state index contributed by atoms with van der Waals surface area (Å²) in [4.78, 5) is 16.7. The number of carbonyl (C=O) groups excluding carboxylic acids is 1. The van der Waals surface area contributed by atoms with Crippen molar-refractivity contribution in [1.29, 1.82) is 0 Å². The number of aryl methyl sites for hydroxylation is 1. The van der Waals surface area contributed by atoms with Gasteiger partial charge in [-0.1, -0.05) is 35.5 Å². The summed E-state index contributed by atoms with van der Waals surface area (Å²) in [6, 6.07) is 13.6. The molecule has 7 nitrogen and oxygen atoms in total. The Morgan fingerprint density at radius 2 is 2.08 bits per heavy atom. The van der Waals surface area contributed by atoms with Gasteiger partial charge in [0.05, 0.1) is 12.7 Å². The highest BCUT2D eigenvalue weighted by molar-refractivity contribution is 7.14. The van der Waals surface area contributed by atoms with Gasteiger partial charge in [-0.2, -0.15) is 0 Å². The summed E-state index contributed by atoms with van der Waals surface area (Å²) < 4.78 is 7.17. The van der Waals surface area contributed by atoms with Crippen LogP contribution < -0.4 is 5.32 Å². The van der Waals surface area contributed by atoms with E-state index in [1.807, 2.05) is 54.8 Å². The van der Waals surface area contributed by atoms with E-state index in [9.17, 15) is 4.79 Å². The van der Waals surface area contributed by atoms with E-state index in [2.05, 4.69) is 20.6 Å². The molecular formula is C18H15N5O2S. The van der Waals surface area contributed by atoms with Crippen LogP contribution in [0.1, 0.15) is 21.8 Å². The van der Waals surface area contributed by atoms with Gasteiger partial charge in [-0.25, -0.2) is 9.67 Å². The lowest BCUT2D eigenvalue weighted by Crippen LogP contribution is -2.12. The highest BCUT2D eigenvalue weighted by atomic mass is 32.1. The molecule has 0 bridgehead atoms. The van der Waals surface area contributed by atoms with E-state index in [1.165, 1.54) is 11.3 Å². The van der Waals surface area contributed by atoms with Gasteiger partial charge in [-0.05, 0) is 24.6 Å². The van der Waals surface area contributed by atoms with Crippen molar-refractivity contribution in [2.45, 2.75) is 13.5 Å². The first-order chi connectivity index (χ1) is 12.7. The van der Waals surface area contributed by atoms with Gasteiger partial charge in [-0.15, -0.1) is 16.4 Å². The zero-order valence-corrected chi connectivity index (χ0v) is 14.7. The number of benzene rings is 1. The molecule has 1 N–H and O–H groups in total. The maximum absolute atomic E-state index is 12.3. The number of carbonyl (C=O) groups is 1. The van der Waals surface area contributed by atoms with E-state index in [1.54, 1.807) is 10.9 Å². The second-order valence-electron chi connectivity index (χ2n) is 5.69. The number of furan rings is 1. The molecule has 0 radical (unpaired) electrons. The lowest BCUT2D eigenvalue weighted by atomic mass is 10.2. The number of thiazole rings is 1. The highest BCUT2D eigenvalue weighted by Gasteiger charge is 2.14. The number of anilines is 1. The largest absolute Gasteiger partial charge is 0.460 e. The van der Waals surface area contributed by atoms with E-state index >= 15 is 0 Å². The third-order valence-corrected chi connectivity index (χ3v) is 4.43. The third-order valence-electron chi connectivity index (χ3n) is 3.68. The van der Waals surface area contributed by atoms with Crippen molar-refractivity contribution in [2.75, 3.05) is 5.32 Å². The maximum atomic E-state index is 12.3. The standard InChI is InChI=1S/C18H15N5O2S/c1-12-7-8-16(25-12)15-11-26-18(19-15)20-17(24)14-10-23(22-21-14)9-13-5-3-2-4-6-13/h2-8,10-11H,9H2,1H3,(H,19,20,24). The minimum Gasteiger partial charge on any atom is -0.460 e. The summed E-state index contributed by atoms with van der Waals surface area (Å²) in [7, 11) is 0. The first-order valence-electron chi connectivity index (χ1n) is 7.95. The number of nitrogens with one attached hydrogen (secondary N) is 1. The molecule has 3 aromatic heterocycles. The lowest BCUT2D eigenvalue weighted by Gasteiger charge is -1.99. The minimum atomic E-state index is -0.346. The summed E-state index contributed by atoms with van der Waals surface area (Å²) >= 11 is 1.33. The molecule has 0 spiro atoms. The molecule has 0 atom stereocenters. The van der Waals surface area contributed by atoms with Crippen molar-refractivity contribution in [3.63, 3.8) is 0 Å². The normalized spacial score (nSPS) is 10.8. The molecule has 0 aliphatic rings. The van der Waals surface area contributed by atoms with Gasteiger partial charge in [0.2, 0.25) is 0 Å². The van der Waals surface area contributed by atoms with Crippen molar-refractivity contribution in [1.82, 2.24) is 20.0 Å². The predicted molar refractivity (Wildman–Crippen MR) is 98.1 cm³/mol. The van der Waals surface area contributed by atoms with Gasteiger partial charge in [0.15, 0.2) is 16.6 Å². The van der Waals surface area contributed by atoms with Crippen LogP contribution in [0.2, 0.25) is 0 Å². The van der Waals surface area contributed by atoms with Crippen LogP contribution in [0.3, 0.4) is 0 Å². The predicted octanol–water partition coefficient (Wildman–Crippen LogP) is 3.60. The van der Waals surface area contributed by atoms with Gasteiger partial charge in [0.1, 0.15) is 11.5 Å². The van der Waals surface area contributed by atoms with Crippen LogP contribution >= 0.6 is 11.3 Å². The van der Waals surface area contributed by atoms with Crippen LogP contribution in [-0.4, -0.2) is 25.9 Å². The summed E-state index contributed by atoms with van der Waals surface area (Å²) in [6.45, 7) is 2.43. The Kier molecular flexibility index (Phi) is 4.32. The molecule has 130 valence electrons. The average molecular weight is 365 g/mol. The molecule has 1 amide bonds. The topological polar surface area (TPSA) is 85.8 Å². The van der Waals surface area contributed by atoms with E-state index in [0.717, 1.165) is 11.3 Å². The van der Waals surface area contributed by atoms with Crippen LogP contribution in [0.4, 0.5) is 5.13 Å². The van der Waals surface area contributed by atoms with Crippen molar-refractivity contribution in [3.8, 4) is 11.5 Å². The van der Waals surface area contributed by atoms with Crippen LogP contribution in [0.5, 0.6) is 0 Å². The fourth-order valence-corrected chi connectivity index (χ4v) is 3.12. The zero-order valence-electron chi connectivity index (χ0n) is 13.9. The molecule has 0 aliphatic carbocycles. The van der Waals surface area contributed by atoms with Gasteiger partial charge in [0, 0.05) is 5.38 Å². The molecule has 0 fully saturated rings. The Morgan fingerprint density at radius 3 is 2.85 bits per heavy atom. The second kappa shape index (κ2) is 6.93. The van der Waals surface area contributed by atoms with Crippen LogP contribution in [0, 0.1) is 6.92 Å². The summed E-state index contributed by atoms with van der Waals surface area (Å²) in [6.07, 6.45) is 1.62. The molecule has 0 aliphatic heterocycles. The number of hydrogen-bond donors (Lipinski definition) is 1. The van der Waals surface area contributed by atoms with Crippen molar-refractivity contribution >= 4 is 22.4 Å². The molecule has 26 heavy (non-hydrogen) atoms. The summed E-state index contributed by atoms with van der Waals surface area (Å²) in [5.74, 6) is 1.14. The van der Waals surface area contributed by atoms with E-state index in [-0.39, 0.29) is 11.6 Å². The monoisotopic (exact) mass is 365 g/mol. The number of aromatic nitrogens is 4. The molecule has 0 saturated heterocycles. The molecule has 4 aromatic rings. The molecule has 0 unspecified atom stereocenters. The second-order valence-corrected chi connectivity index (χ2v) is 6.55. The van der Waals surface area contributed by atoms with Crippen LogP contribution in [0.15, 0.2) is 58.5 Å². The zero-order chi connectivity index (χ0) is 17.9. The molecule has 3 heterocycles. The first kappa shape index (κ1) is 16.2. The lowest BCUT2D eigenvalue weighted by molar-refractivity contribution is 0.102. The Bertz CT molecular complexity index is 1030. The molecule has 0 saturated carbocycles. The van der Waals surface area contributed by atoms with Gasteiger partial charge >= 0.3 is 0 Å². The average Bonchev–Trinajstić information content (AvgIpc) is 3.37. The molecule has 8 heteroatoms. The van der Waals surface area contributed by atoms with Crippen molar-refractivity contribution in [2.24, 2.45) is 0 Å². The van der Waals surface area contributed by atoms with E-state index in [0.29, 0.717) is 23.1 Å². The van der Waals surface area contributed by atoms with Gasteiger partial charge in [0.25, 0.3) is 5.91 Å². The Hall–Kier alpha value is -3.26.